The van der Waals surface area contributed by atoms with Crippen LogP contribution in [0.1, 0.15) is 35.1 Å². The van der Waals surface area contributed by atoms with Gasteiger partial charge in [-0.05, 0) is 43.0 Å². The third-order valence-corrected chi connectivity index (χ3v) is 6.44. The molecular formula is C23H22N6S. The molecule has 0 aliphatic heterocycles. The Morgan fingerprint density at radius 1 is 0.933 bits per heavy atom. The van der Waals surface area contributed by atoms with Crippen LogP contribution < -0.4 is 0 Å². The predicted molar refractivity (Wildman–Crippen MR) is 119 cm³/mol. The van der Waals surface area contributed by atoms with Gasteiger partial charge in [0.25, 0.3) is 0 Å². The van der Waals surface area contributed by atoms with Gasteiger partial charge in [-0.2, -0.15) is 14.7 Å². The van der Waals surface area contributed by atoms with Crippen molar-refractivity contribution in [2.45, 2.75) is 33.6 Å². The lowest BCUT2D eigenvalue weighted by Crippen LogP contribution is -2.02. The lowest BCUT2D eigenvalue weighted by molar-refractivity contribution is 0.832. The maximum absolute atomic E-state index is 4.84. The van der Waals surface area contributed by atoms with Crippen molar-refractivity contribution in [2.24, 2.45) is 0 Å². The van der Waals surface area contributed by atoms with Crippen LogP contribution in [-0.4, -0.2) is 29.6 Å². The van der Waals surface area contributed by atoms with Gasteiger partial charge in [-0.25, -0.2) is 4.68 Å². The van der Waals surface area contributed by atoms with Gasteiger partial charge in [-0.1, -0.05) is 60.7 Å². The number of rotatable bonds is 5. The van der Waals surface area contributed by atoms with E-state index in [0.717, 1.165) is 39.2 Å². The molecule has 0 atom stereocenters. The van der Waals surface area contributed by atoms with E-state index in [1.165, 1.54) is 16.7 Å². The zero-order chi connectivity index (χ0) is 20.7. The first-order valence-corrected chi connectivity index (χ1v) is 10.9. The summed E-state index contributed by atoms with van der Waals surface area (Å²) in [6, 6.07) is 16.7. The maximum Gasteiger partial charge on any atom is 0.234 e. The fraction of sp³-hybridized carbons (Fsp3) is 0.217. The van der Waals surface area contributed by atoms with Crippen molar-refractivity contribution in [2.75, 3.05) is 0 Å². The zero-order valence-electron chi connectivity index (χ0n) is 17.2. The topological polar surface area (TPSA) is 60.9 Å². The molecular weight excluding hydrogens is 392 g/mol. The van der Waals surface area contributed by atoms with Crippen LogP contribution in [0, 0.1) is 13.8 Å². The summed E-state index contributed by atoms with van der Waals surface area (Å²) in [7, 11) is 0. The van der Waals surface area contributed by atoms with Crippen LogP contribution >= 0.6 is 11.3 Å². The minimum atomic E-state index is 0.707. The second kappa shape index (κ2) is 7.50. The Bertz CT molecular complexity index is 1340. The highest BCUT2D eigenvalue weighted by molar-refractivity contribution is 7.19. The molecule has 0 N–H and O–H groups in total. The van der Waals surface area contributed by atoms with E-state index >= 15 is 0 Å². The molecule has 0 saturated heterocycles. The van der Waals surface area contributed by atoms with E-state index in [4.69, 9.17) is 5.10 Å². The lowest BCUT2D eigenvalue weighted by atomic mass is 10.1. The summed E-state index contributed by atoms with van der Waals surface area (Å²) in [5.74, 6) is 0.850. The monoisotopic (exact) mass is 414 g/mol. The van der Waals surface area contributed by atoms with Crippen LogP contribution in [0.3, 0.4) is 0 Å². The molecule has 0 unspecified atom stereocenters. The largest absolute Gasteiger partial charge is 0.237 e. The molecule has 0 saturated carbocycles. The summed E-state index contributed by atoms with van der Waals surface area (Å²) < 4.78 is 3.87. The molecule has 5 rings (SSSR count). The number of nitrogens with zero attached hydrogens (tertiary/aromatic N) is 6. The van der Waals surface area contributed by atoms with Crippen LogP contribution in [0.15, 0.2) is 54.7 Å². The van der Waals surface area contributed by atoms with E-state index in [9.17, 15) is 0 Å². The van der Waals surface area contributed by atoms with Crippen LogP contribution in [0.2, 0.25) is 0 Å². The molecule has 3 aromatic heterocycles. The summed E-state index contributed by atoms with van der Waals surface area (Å²) in [4.78, 5) is 0.801. The van der Waals surface area contributed by atoms with Crippen molar-refractivity contribution < 1.29 is 0 Å². The van der Waals surface area contributed by atoms with E-state index in [1.807, 2.05) is 15.4 Å². The Labute approximate surface area is 178 Å². The number of hydrogen-bond donors (Lipinski definition) is 0. The fourth-order valence-corrected chi connectivity index (χ4v) is 4.65. The second-order valence-corrected chi connectivity index (χ2v) is 8.31. The normalized spacial score (nSPS) is 11.4. The van der Waals surface area contributed by atoms with Gasteiger partial charge in [0.1, 0.15) is 0 Å². The molecule has 0 radical (unpaired) electrons. The summed E-state index contributed by atoms with van der Waals surface area (Å²) in [6.07, 6.45) is 3.57. The van der Waals surface area contributed by atoms with Gasteiger partial charge in [0.05, 0.1) is 23.1 Å². The van der Waals surface area contributed by atoms with Crippen molar-refractivity contribution in [1.82, 2.24) is 29.6 Å². The maximum atomic E-state index is 4.84. The molecule has 0 aliphatic carbocycles. The second-order valence-electron chi connectivity index (χ2n) is 7.36. The number of hydrogen-bond acceptors (Lipinski definition) is 5. The number of para-hydroxylation sites is 1. The molecule has 3 heterocycles. The molecule has 0 amide bonds. The first-order chi connectivity index (χ1) is 14.7. The Morgan fingerprint density at radius 3 is 2.50 bits per heavy atom. The zero-order valence-corrected chi connectivity index (χ0v) is 18.0. The smallest absolute Gasteiger partial charge is 0.234 e. The number of aromatic nitrogens is 6. The van der Waals surface area contributed by atoms with Crippen LogP contribution in [-0.2, 0) is 12.8 Å². The molecule has 150 valence electrons. The Hall–Kier alpha value is -3.32. The average Bonchev–Trinajstić information content (AvgIpc) is 3.45. The highest BCUT2D eigenvalue weighted by Crippen LogP contribution is 2.30. The highest BCUT2D eigenvalue weighted by atomic mass is 32.1. The molecule has 0 bridgehead atoms. The highest BCUT2D eigenvalue weighted by Gasteiger charge is 2.18. The molecule has 0 aliphatic rings. The Balaban J connectivity index is 1.53. The standard InChI is InChI=1S/C23H22N6S/c1-4-17-10-7-8-12-20(17)28-16(3)19(14-24-28)22-27-29-21(25-26-23(29)30-22)13-18-11-6-5-9-15(18)2/h5-12,14H,4,13H2,1-3H3. The van der Waals surface area contributed by atoms with Gasteiger partial charge in [-0.3, -0.25) is 0 Å². The van der Waals surface area contributed by atoms with Crippen molar-refractivity contribution in [1.29, 1.82) is 0 Å². The molecule has 2 aromatic carbocycles. The number of benzene rings is 2. The van der Waals surface area contributed by atoms with Gasteiger partial charge in [0.2, 0.25) is 4.96 Å². The lowest BCUT2D eigenvalue weighted by Gasteiger charge is -2.09. The third-order valence-electron chi connectivity index (χ3n) is 5.51. The molecule has 0 fully saturated rings. The SMILES string of the molecule is CCc1ccccc1-n1ncc(-c2nn3c(Cc4ccccc4C)nnc3s2)c1C. The van der Waals surface area contributed by atoms with E-state index in [2.05, 4.69) is 84.6 Å². The minimum absolute atomic E-state index is 0.707. The Kier molecular flexibility index (Phi) is 4.67. The van der Waals surface area contributed by atoms with Crippen LogP contribution in [0.4, 0.5) is 0 Å². The van der Waals surface area contributed by atoms with Gasteiger partial charge in [0, 0.05) is 6.42 Å². The van der Waals surface area contributed by atoms with Crippen LogP contribution in [0.5, 0.6) is 0 Å². The van der Waals surface area contributed by atoms with Gasteiger partial charge >= 0.3 is 0 Å². The summed E-state index contributed by atoms with van der Waals surface area (Å²) >= 11 is 1.54. The van der Waals surface area contributed by atoms with Crippen molar-refractivity contribution in [3.8, 4) is 16.3 Å². The first-order valence-electron chi connectivity index (χ1n) is 10.0. The third kappa shape index (κ3) is 3.11. The van der Waals surface area contributed by atoms with E-state index in [-0.39, 0.29) is 0 Å². The Morgan fingerprint density at radius 2 is 1.70 bits per heavy atom. The molecule has 0 spiro atoms. The molecule has 7 heteroatoms. The minimum Gasteiger partial charge on any atom is -0.237 e. The summed E-state index contributed by atoms with van der Waals surface area (Å²) in [6.45, 7) is 6.37. The van der Waals surface area contributed by atoms with Gasteiger partial charge < -0.3 is 0 Å². The van der Waals surface area contributed by atoms with Gasteiger partial charge in [-0.15, -0.1) is 10.2 Å². The predicted octanol–water partition coefficient (Wildman–Crippen LogP) is 4.81. The first kappa shape index (κ1) is 18.7. The van der Waals surface area contributed by atoms with Crippen LogP contribution in [0.25, 0.3) is 21.2 Å². The van der Waals surface area contributed by atoms with E-state index in [0.29, 0.717) is 6.42 Å². The molecule has 5 aromatic rings. The average molecular weight is 415 g/mol. The molecule has 30 heavy (non-hydrogen) atoms. The number of aryl methyl sites for hydroxylation is 2. The van der Waals surface area contributed by atoms with Crippen molar-refractivity contribution in [3.05, 3.63) is 82.9 Å². The summed E-state index contributed by atoms with van der Waals surface area (Å²) in [5.41, 5.74) is 6.97. The van der Waals surface area contributed by atoms with E-state index in [1.54, 1.807) is 11.3 Å². The van der Waals surface area contributed by atoms with Gasteiger partial charge in [0.15, 0.2) is 10.8 Å². The fourth-order valence-electron chi connectivity index (χ4n) is 3.73. The quantitative estimate of drug-likeness (QED) is 0.414. The van der Waals surface area contributed by atoms with Crippen molar-refractivity contribution >= 4 is 16.3 Å². The van der Waals surface area contributed by atoms with Crippen molar-refractivity contribution in [3.63, 3.8) is 0 Å². The van der Waals surface area contributed by atoms with E-state index < -0.39 is 0 Å². The number of fused-ring (bicyclic) bond motifs is 1. The summed E-state index contributed by atoms with van der Waals surface area (Å²) in [5, 5.41) is 19.1. The molecule has 6 nitrogen and oxygen atoms in total.